The summed E-state index contributed by atoms with van der Waals surface area (Å²) in [4.78, 5) is 6.97. The largest absolute Gasteiger partial charge is 0.380 e. The molecule has 25 heavy (non-hydrogen) atoms. The molecule has 1 fully saturated rings. The molecule has 0 bridgehead atoms. The fraction of sp³-hybridized carbons (Fsp3) is 0.650. The Morgan fingerprint density at radius 1 is 1.24 bits per heavy atom. The lowest BCUT2D eigenvalue weighted by Crippen LogP contribution is -2.45. The summed E-state index contributed by atoms with van der Waals surface area (Å²) in [5, 5.41) is 6.86. The van der Waals surface area contributed by atoms with E-state index in [1.165, 1.54) is 43.4 Å². The Kier molecular flexibility index (Phi) is 8.77. The van der Waals surface area contributed by atoms with Gasteiger partial charge in [0.25, 0.3) is 0 Å². The van der Waals surface area contributed by atoms with E-state index in [0.29, 0.717) is 6.61 Å². The van der Waals surface area contributed by atoms with Gasteiger partial charge in [-0.3, -0.25) is 9.89 Å². The number of benzene rings is 1. The van der Waals surface area contributed by atoms with Gasteiger partial charge in [0.05, 0.1) is 6.61 Å². The molecule has 0 aromatic heterocycles. The van der Waals surface area contributed by atoms with Crippen LogP contribution in [0, 0.1) is 0 Å². The van der Waals surface area contributed by atoms with Gasteiger partial charge in [-0.25, -0.2) is 0 Å². The van der Waals surface area contributed by atoms with Gasteiger partial charge in [-0.1, -0.05) is 37.6 Å². The molecule has 5 nitrogen and oxygen atoms in total. The van der Waals surface area contributed by atoms with Gasteiger partial charge in [0.15, 0.2) is 5.96 Å². The lowest BCUT2D eigenvalue weighted by molar-refractivity contribution is 0.147. The van der Waals surface area contributed by atoms with Crippen molar-refractivity contribution in [3.63, 3.8) is 0 Å². The third-order valence-electron chi connectivity index (χ3n) is 5.00. The Morgan fingerprint density at radius 2 is 2.04 bits per heavy atom. The highest BCUT2D eigenvalue weighted by atomic mass is 16.5. The van der Waals surface area contributed by atoms with E-state index >= 15 is 0 Å². The van der Waals surface area contributed by atoms with Gasteiger partial charge < -0.3 is 15.4 Å². The summed E-state index contributed by atoms with van der Waals surface area (Å²) in [5.41, 5.74) is 2.46. The molecule has 1 aliphatic heterocycles. The zero-order valence-electron chi connectivity index (χ0n) is 16.1. The number of hydrogen-bond acceptors (Lipinski definition) is 3. The summed E-state index contributed by atoms with van der Waals surface area (Å²) >= 11 is 0. The molecule has 0 amide bonds. The van der Waals surface area contributed by atoms with Crippen molar-refractivity contribution in [2.24, 2.45) is 4.99 Å². The van der Waals surface area contributed by atoms with Crippen LogP contribution in [-0.2, 0) is 17.9 Å². The highest BCUT2D eigenvalue weighted by Crippen LogP contribution is 2.18. The van der Waals surface area contributed by atoms with Crippen LogP contribution in [0.25, 0.3) is 0 Å². The number of ether oxygens (including phenoxy) is 1. The van der Waals surface area contributed by atoms with E-state index in [1.54, 1.807) is 7.11 Å². The van der Waals surface area contributed by atoms with E-state index in [0.717, 1.165) is 31.6 Å². The molecule has 1 aliphatic rings. The molecule has 5 heteroatoms. The van der Waals surface area contributed by atoms with Crippen molar-refractivity contribution in [1.29, 1.82) is 0 Å². The van der Waals surface area contributed by atoms with E-state index in [9.17, 15) is 0 Å². The van der Waals surface area contributed by atoms with Crippen LogP contribution in [-0.4, -0.2) is 50.7 Å². The summed E-state index contributed by atoms with van der Waals surface area (Å²) in [6.45, 7) is 6.93. The van der Waals surface area contributed by atoms with Gasteiger partial charge in [-0.2, -0.15) is 0 Å². The molecular formula is C20H34N4O. The Bertz CT molecular complexity index is 532. The number of nitrogens with zero attached hydrogens (tertiary/aromatic N) is 2. The average Bonchev–Trinajstić information content (AvgIpc) is 2.66. The first-order valence-electron chi connectivity index (χ1n) is 9.52. The first kappa shape index (κ1) is 19.7. The van der Waals surface area contributed by atoms with E-state index in [1.807, 2.05) is 13.1 Å². The van der Waals surface area contributed by atoms with Crippen molar-refractivity contribution in [2.75, 3.05) is 33.8 Å². The van der Waals surface area contributed by atoms with Crippen LogP contribution in [0.2, 0.25) is 0 Å². The van der Waals surface area contributed by atoms with Crippen molar-refractivity contribution in [1.82, 2.24) is 15.5 Å². The molecular weight excluding hydrogens is 312 g/mol. The first-order valence-corrected chi connectivity index (χ1v) is 9.52. The smallest absolute Gasteiger partial charge is 0.191 e. The third-order valence-corrected chi connectivity index (χ3v) is 5.00. The highest BCUT2D eigenvalue weighted by molar-refractivity contribution is 5.79. The Balaban J connectivity index is 1.77. The van der Waals surface area contributed by atoms with Crippen LogP contribution in [0.4, 0.5) is 0 Å². The minimum absolute atomic E-state index is 0.636. The van der Waals surface area contributed by atoms with E-state index in [2.05, 4.69) is 45.6 Å². The quantitative estimate of drug-likeness (QED) is 0.561. The van der Waals surface area contributed by atoms with Crippen LogP contribution in [0.5, 0.6) is 0 Å². The highest BCUT2D eigenvalue weighted by Gasteiger charge is 2.19. The summed E-state index contributed by atoms with van der Waals surface area (Å²) in [6, 6.07) is 9.11. The molecule has 1 saturated heterocycles. The van der Waals surface area contributed by atoms with E-state index in [-0.39, 0.29) is 0 Å². The lowest BCUT2D eigenvalue weighted by Gasteiger charge is -2.35. The Morgan fingerprint density at radius 3 is 2.76 bits per heavy atom. The maximum atomic E-state index is 5.28. The van der Waals surface area contributed by atoms with Crippen molar-refractivity contribution >= 4 is 5.96 Å². The number of methoxy groups -OCH3 is 1. The zero-order valence-corrected chi connectivity index (χ0v) is 16.1. The average molecular weight is 347 g/mol. The molecule has 0 spiro atoms. The molecule has 2 rings (SSSR count). The van der Waals surface area contributed by atoms with Crippen molar-refractivity contribution in [3.8, 4) is 0 Å². The van der Waals surface area contributed by atoms with E-state index < -0.39 is 0 Å². The van der Waals surface area contributed by atoms with Crippen LogP contribution < -0.4 is 10.6 Å². The van der Waals surface area contributed by atoms with Crippen LogP contribution >= 0.6 is 0 Å². The maximum absolute atomic E-state index is 5.28. The van der Waals surface area contributed by atoms with Crippen LogP contribution in [0.3, 0.4) is 0 Å². The zero-order chi connectivity index (χ0) is 17.9. The lowest BCUT2D eigenvalue weighted by atomic mass is 10.0. The molecule has 0 radical (unpaired) electrons. The summed E-state index contributed by atoms with van der Waals surface area (Å²) < 4.78 is 5.28. The normalized spacial score (nSPS) is 19.0. The van der Waals surface area contributed by atoms with E-state index in [4.69, 9.17) is 4.74 Å². The molecule has 140 valence electrons. The van der Waals surface area contributed by atoms with Crippen molar-refractivity contribution < 1.29 is 4.74 Å². The molecule has 1 unspecified atom stereocenters. The van der Waals surface area contributed by atoms with Crippen LogP contribution in [0.15, 0.2) is 29.3 Å². The monoisotopic (exact) mass is 346 g/mol. The predicted octanol–water partition coefficient (Wildman–Crippen LogP) is 2.76. The summed E-state index contributed by atoms with van der Waals surface area (Å²) in [7, 11) is 3.56. The second-order valence-corrected chi connectivity index (χ2v) is 6.65. The van der Waals surface area contributed by atoms with Gasteiger partial charge in [0.2, 0.25) is 0 Å². The first-order chi connectivity index (χ1) is 12.3. The van der Waals surface area contributed by atoms with Gasteiger partial charge in [0, 0.05) is 39.8 Å². The standard InChI is InChI=1S/C20H34N4O/c1-4-19-11-7-8-13-24(19)14-12-22-20(21-2)23-15-17-9-5-6-10-18(17)16-25-3/h5-6,9-10,19H,4,7-8,11-16H2,1-3H3,(H2,21,22,23). The molecule has 1 atom stereocenters. The number of guanidine groups is 1. The fourth-order valence-corrected chi connectivity index (χ4v) is 3.56. The number of hydrogen-bond donors (Lipinski definition) is 2. The molecule has 1 heterocycles. The Hall–Kier alpha value is -1.59. The second kappa shape index (κ2) is 11.1. The second-order valence-electron chi connectivity index (χ2n) is 6.65. The number of piperidine rings is 1. The summed E-state index contributed by atoms with van der Waals surface area (Å²) in [6.07, 6.45) is 5.31. The topological polar surface area (TPSA) is 48.9 Å². The van der Waals surface area contributed by atoms with Gasteiger partial charge in [0.1, 0.15) is 0 Å². The molecule has 2 N–H and O–H groups in total. The summed E-state index contributed by atoms with van der Waals surface area (Å²) in [5.74, 6) is 0.859. The molecule has 1 aromatic carbocycles. The van der Waals surface area contributed by atoms with Crippen molar-refractivity contribution in [3.05, 3.63) is 35.4 Å². The van der Waals surface area contributed by atoms with Gasteiger partial charge in [-0.15, -0.1) is 0 Å². The number of rotatable bonds is 8. The SMILES string of the molecule is CCC1CCCCN1CCNC(=NC)NCc1ccccc1COC. The van der Waals surface area contributed by atoms with Crippen LogP contribution in [0.1, 0.15) is 43.7 Å². The maximum Gasteiger partial charge on any atom is 0.191 e. The number of likely N-dealkylation sites (tertiary alicyclic amines) is 1. The van der Waals surface area contributed by atoms with Gasteiger partial charge in [-0.05, 0) is 36.9 Å². The predicted molar refractivity (Wildman–Crippen MR) is 105 cm³/mol. The minimum atomic E-state index is 0.636. The fourth-order valence-electron chi connectivity index (χ4n) is 3.56. The Labute approximate surface area is 152 Å². The number of aliphatic imine (C=N–C) groups is 1. The van der Waals surface area contributed by atoms with Gasteiger partial charge >= 0.3 is 0 Å². The minimum Gasteiger partial charge on any atom is -0.380 e. The number of nitrogens with one attached hydrogen (secondary N) is 2. The van der Waals surface area contributed by atoms with Crippen molar-refractivity contribution in [2.45, 2.75) is 51.8 Å². The third kappa shape index (κ3) is 6.33. The molecule has 1 aromatic rings. The molecule has 0 aliphatic carbocycles. The molecule has 0 saturated carbocycles.